The summed E-state index contributed by atoms with van der Waals surface area (Å²) in [6.07, 6.45) is 1.47. The number of nitrogens with one attached hydrogen (secondary N) is 1. The van der Waals surface area contributed by atoms with Crippen LogP contribution in [0.2, 0.25) is 0 Å². The zero-order valence-electron chi connectivity index (χ0n) is 17.6. The van der Waals surface area contributed by atoms with Crippen molar-refractivity contribution in [3.05, 3.63) is 111 Å². The van der Waals surface area contributed by atoms with Gasteiger partial charge >= 0.3 is 5.97 Å². The molecule has 0 aliphatic heterocycles. The Morgan fingerprint density at radius 1 is 0.912 bits per heavy atom. The summed E-state index contributed by atoms with van der Waals surface area (Å²) in [6, 6.07) is 27.0. The van der Waals surface area contributed by atoms with Crippen LogP contribution in [0.15, 0.2) is 99.4 Å². The number of esters is 1. The Morgan fingerprint density at radius 2 is 1.65 bits per heavy atom. The molecule has 4 aromatic rings. The fourth-order valence-electron chi connectivity index (χ4n) is 3.29. The van der Waals surface area contributed by atoms with E-state index in [1.54, 1.807) is 48.5 Å². The third-order valence-corrected chi connectivity index (χ3v) is 6.09. The molecule has 34 heavy (non-hydrogen) atoms. The van der Waals surface area contributed by atoms with E-state index in [-0.39, 0.29) is 5.57 Å². The van der Waals surface area contributed by atoms with Crippen molar-refractivity contribution < 1.29 is 14.3 Å². The van der Waals surface area contributed by atoms with Crippen LogP contribution in [0.25, 0.3) is 16.8 Å². The van der Waals surface area contributed by atoms with Crippen molar-refractivity contribution >= 4 is 66.3 Å². The molecular formula is C27H16Br2N2O3. The molecule has 4 aromatic carbocycles. The maximum absolute atomic E-state index is 12.8. The van der Waals surface area contributed by atoms with Gasteiger partial charge in [-0.05, 0) is 80.8 Å². The Hall–Kier alpha value is -3.73. The van der Waals surface area contributed by atoms with Crippen LogP contribution in [0.3, 0.4) is 0 Å². The third kappa shape index (κ3) is 5.42. The monoisotopic (exact) mass is 574 g/mol. The number of fused-ring (bicyclic) bond motifs is 1. The van der Waals surface area contributed by atoms with E-state index >= 15 is 0 Å². The number of halogens is 2. The number of carbonyl (C=O) groups excluding carboxylic acids is 2. The lowest BCUT2D eigenvalue weighted by Crippen LogP contribution is -2.13. The van der Waals surface area contributed by atoms with E-state index in [0.717, 1.165) is 15.2 Å². The average Bonchev–Trinajstić information content (AvgIpc) is 2.85. The summed E-state index contributed by atoms with van der Waals surface area (Å²) < 4.78 is 7.00. The highest BCUT2D eigenvalue weighted by atomic mass is 79.9. The fourth-order valence-corrected chi connectivity index (χ4v) is 4.04. The largest absolute Gasteiger partial charge is 0.422 e. The highest BCUT2D eigenvalue weighted by Crippen LogP contribution is 2.29. The van der Waals surface area contributed by atoms with Crippen molar-refractivity contribution in [1.82, 2.24) is 0 Å². The molecule has 0 atom stereocenters. The molecule has 4 rings (SSSR count). The van der Waals surface area contributed by atoms with Crippen LogP contribution < -0.4 is 10.1 Å². The second kappa shape index (κ2) is 10.5. The van der Waals surface area contributed by atoms with E-state index in [4.69, 9.17) is 4.74 Å². The van der Waals surface area contributed by atoms with E-state index in [1.165, 1.54) is 6.08 Å². The molecule has 0 aliphatic carbocycles. The second-order valence-electron chi connectivity index (χ2n) is 7.24. The van der Waals surface area contributed by atoms with Gasteiger partial charge in [0.2, 0.25) is 0 Å². The van der Waals surface area contributed by atoms with Crippen molar-refractivity contribution in [3.63, 3.8) is 0 Å². The van der Waals surface area contributed by atoms with Gasteiger partial charge in [-0.2, -0.15) is 5.26 Å². The molecular weight excluding hydrogens is 560 g/mol. The highest BCUT2D eigenvalue weighted by Gasteiger charge is 2.15. The zero-order chi connectivity index (χ0) is 24.1. The fraction of sp³-hybridized carbons (Fsp3) is 0. The van der Waals surface area contributed by atoms with Crippen LogP contribution in [0.5, 0.6) is 5.75 Å². The molecule has 0 radical (unpaired) electrons. The average molecular weight is 576 g/mol. The number of benzene rings is 4. The van der Waals surface area contributed by atoms with Crippen LogP contribution in [0, 0.1) is 11.3 Å². The van der Waals surface area contributed by atoms with Gasteiger partial charge in [-0.3, -0.25) is 4.79 Å². The van der Waals surface area contributed by atoms with Crippen molar-refractivity contribution in [2.75, 3.05) is 5.32 Å². The summed E-state index contributed by atoms with van der Waals surface area (Å²) in [5.41, 5.74) is 1.58. The normalized spacial score (nSPS) is 11.0. The Bertz CT molecular complexity index is 1470. The summed E-state index contributed by atoms with van der Waals surface area (Å²) in [7, 11) is 0. The van der Waals surface area contributed by atoms with Gasteiger partial charge in [0.05, 0.1) is 10.0 Å². The molecule has 5 nitrogen and oxygen atoms in total. The van der Waals surface area contributed by atoms with Crippen LogP contribution in [0.1, 0.15) is 15.9 Å². The minimum absolute atomic E-state index is 0.0599. The molecule has 7 heteroatoms. The predicted octanol–water partition coefficient (Wildman–Crippen LogP) is 7.13. The number of hydrogen-bond acceptors (Lipinski definition) is 4. The Labute approximate surface area is 212 Å². The number of anilines is 1. The molecule has 0 saturated carbocycles. The van der Waals surface area contributed by atoms with E-state index < -0.39 is 11.9 Å². The van der Waals surface area contributed by atoms with E-state index in [1.807, 2.05) is 42.5 Å². The molecule has 0 unspecified atom stereocenters. The van der Waals surface area contributed by atoms with Gasteiger partial charge in [0.15, 0.2) is 0 Å². The van der Waals surface area contributed by atoms with Gasteiger partial charge in [-0.1, -0.05) is 58.4 Å². The first-order valence-electron chi connectivity index (χ1n) is 10.1. The number of hydrogen-bond donors (Lipinski definition) is 1. The molecule has 0 bridgehead atoms. The van der Waals surface area contributed by atoms with Crippen LogP contribution in [-0.4, -0.2) is 11.9 Å². The zero-order valence-corrected chi connectivity index (χ0v) is 20.8. The first-order chi connectivity index (χ1) is 16.4. The van der Waals surface area contributed by atoms with Crippen LogP contribution in [-0.2, 0) is 4.79 Å². The lowest BCUT2D eigenvalue weighted by Gasteiger charge is -2.09. The molecule has 0 heterocycles. The molecule has 1 amide bonds. The number of ether oxygens (including phenoxy) is 1. The van der Waals surface area contributed by atoms with Crippen molar-refractivity contribution in [1.29, 1.82) is 5.26 Å². The summed E-state index contributed by atoms with van der Waals surface area (Å²) in [4.78, 5) is 25.3. The van der Waals surface area contributed by atoms with Gasteiger partial charge < -0.3 is 10.1 Å². The van der Waals surface area contributed by atoms with Crippen LogP contribution >= 0.6 is 31.9 Å². The number of amides is 1. The number of nitriles is 1. The van der Waals surface area contributed by atoms with Gasteiger partial charge in [0.1, 0.15) is 17.4 Å². The maximum atomic E-state index is 12.8. The number of nitrogens with zero attached hydrogens (tertiary/aromatic N) is 1. The second-order valence-corrected chi connectivity index (χ2v) is 9.01. The molecule has 0 fully saturated rings. The van der Waals surface area contributed by atoms with Gasteiger partial charge in [0, 0.05) is 10.2 Å². The molecule has 0 aromatic heterocycles. The van der Waals surface area contributed by atoms with Crippen molar-refractivity contribution in [2.45, 2.75) is 0 Å². The molecule has 0 spiro atoms. The standard InChI is InChI=1S/C27H16Br2N2O3/c28-20-9-11-21(12-10-20)31-26(32)19(16-30)14-17-8-13-25(24(29)15-17)34-27(33)23-7-3-5-18-4-1-2-6-22(18)23/h1-15H,(H,31,32)/b19-14+. The summed E-state index contributed by atoms with van der Waals surface area (Å²) in [5, 5.41) is 13.9. The van der Waals surface area contributed by atoms with Gasteiger partial charge in [-0.15, -0.1) is 0 Å². The van der Waals surface area contributed by atoms with Crippen molar-refractivity contribution in [3.8, 4) is 11.8 Å². The molecule has 166 valence electrons. The van der Waals surface area contributed by atoms with Crippen molar-refractivity contribution in [2.24, 2.45) is 0 Å². The lowest BCUT2D eigenvalue weighted by atomic mass is 10.0. The summed E-state index contributed by atoms with van der Waals surface area (Å²) in [6.45, 7) is 0. The van der Waals surface area contributed by atoms with E-state index in [2.05, 4.69) is 37.2 Å². The van der Waals surface area contributed by atoms with Gasteiger partial charge in [-0.25, -0.2) is 4.79 Å². The van der Waals surface area contributed by atoms with E-state index in [0.29, 0.717) is 27.0 Å². The van der Waals surface area contributed by atoms with Crippen LogP contribution in [0.4, 0.5) is 5.69 Å². The minimum Gasteiger partial charge on any atom is -0.422 e. The Balaban J connectivity index is 1.52. The smallest absolute Gasteiger partial charge is 0.344 e. The topological polar surface area (TPSA) is 79.2 Å². The first-order valence-corrected chi connectivity index (χ1v) is 11.7. The Morgan fingerprint density at radius 3 is 2.38 bits per heavy atom. The molecule has 1 N–H and O–H groups in total. The Kier molecular flexibility index (Phi) is 7.21. The quantitative estimate of drug-likeness (QED) is 0.119. The van der Waals surface area contributed by atoms with E-state index in [9.17, 15) is 14.9 Å². The summed E-state index contributed by atoms with van der Waals surface area (Å²) >= 11 is 6.75. The lowest BCUT2D eigenvalue weighted by molar-refractivity contribution is -0.112. The highest BCUT2D eigenvalue weighted by molar-refractivity contribution is 9.10. The molecule has 0 aliphatic rings. The minimum atomic E-state index is -0.521. The third-order valence-electron chi connectivity index (χ3n) is 4.95. The SMILES string of the molecule is N#C/C(=C\c1ccc(OC(=O)c2cccc3ccccc23)c(Br)c1)C(=O)Nc1ccc(Br)cc1. The maximum Gasteiger partial charge on any atom is 0.344 e. The van der Waals surface area contributed by atoms with Gasteiger partial charge in [0.25, 0.3) is 5.91 Å². The molecule has 0 saturated heterocycles. The predicted molar refractivity (Wildman–Crippen MR) is 139 cm³/mol. The first kappa shape index (κ1) is 23.4. The summed E-state index contributed by atoms with van der Waals surface area (Å²) in [5.74, 6) is -0.673. The number of rotatable bonds is 5. The number of carbonyl (C=O) groups is 2.